The minimum absolute atomic E-state index is 0.0661. The molecule has 0 aromatic heterocycles. The van der Waals surface area contributed by atoms with Gasteiger partial charge in [0, 0.05) is 11.1 Å². The highest BCUT2D eigenvalue weighted by molar-refractivity contribution is 5.90. The van der Waals surface area contributed by atoms with E-state index in [0.717, 1.165) is 0 Å². The van der Waals surface area contributed by atoms with Crippen molar-refractivity contribution in [3.63, 3.8) is 0 Å². The molecule has 2 rings (SSSR count). The first-order valence-electron chi connectivity index (χ1n) is 5.78. The van der Waals surface area contributed by atoms with Crippen LogP contribution < -0.4 is 4.74 Å². The third kappa shape index (κ3) is 2.91. The number of benzene rings is 2. The molecule has 0 heterocycles. The second-order valence-electron chi connectivity index (χ2n) is 4.11. The van der Waals surface area contributed by atoms with E-state index in [2.05, 4.69) is 0 Å². The molecule has 4 heteroatoms. The Balaban J connectivity index is 2.19. The standard InChI is InChI=1S/C15H13FO3/c1-10-12(15(17)18)6-4-8-14(10)19-9-11-5-2-3-7-13(11)16/h2-8H,9H2,1H3,(H,17,18). The van der Waals surface area contributed by atoms with Crippen molar-refractivity contribution in [3.05, 3.63) is 65.0 Å². The van der Waals surface area contributed by atoms with Crippen molar-refractivity contribution in [2.75, 3.05) is 0 Å². The van der Waals surface area contributed by atoms with Gasteiger partial charge in [-0.05, 0) is 25.1 Å². The van der Waals surface area contributed by atoms with Crippen LogP contribution in [0.5, 0.6) is 5.75 Å². The highest BCUT2D eigenvalue weighted by Crippen LogP contribution is 2.22. The Morgan fingerprint density at radius 2 is 1.95 bits per heavy atom. The summed E-state index contributed by atoms with van der Waals surface area (Å²) in [7, 11) is 0. The molecular weight excluding hydrogens is 247 g/mol. The lowest BCUT2D eigenvalue weighted by Gasteiger charge is -2.11. The molecule has 3 nitrogen and oxygen atoms in total. The van der Waals surface area contributed by atoms with Crippen LogP contribution in [-0.2, 0) is 6.61 Å². The van der Waals surface area contributed by atoms with Gasteiger partial charge in [-0.3, -0.25) is 0 Å². The van der Waals surface area contributed by atoms with Crippen molar-refractivity contribution in [3.8, 4) is 5.75 Å². The van der Waals surface area contributed by atoms with E-state index < -0.39 is 5.97 Å². The SMILES string of the molecule is Cc1c(OCc2ccccc2F)cccc1C(=O)O. The summed E-state index contributed by atoms with van der Waals surface area (Å²) >= 11 is 0. The maximum atomic E-state index is 13.4. The van der Waals surface area contributed by atoms with Gasteiger partial charge >= 0.3 is 5.97 Å². The van der Waals surface area contributed by atoms with E-state index in [1.165, 1.54) is 12.1 Å². The molecule has 0 amide bonds. The molecule has 98 valence electrons. The third-order valence-corrected chi connectivity index (χ3v) is 2.86. The molecular formula is C15H13FO3. The molecule has 0 fully saturated rings. The summed E-state index contributed by atoms with van der Waals surface area (Å²) < 4.78 is 18.9. The average Bonchev–Trinajstić information content (AvgIpc) is 2.39. The summed E-state index contributed by atoms with van der Waals surface area (Å²) in [4.78, 5) is 11.0. The van der Waals surface area contributed by atoms with Gasteiger partial charge in [-0.1, -0.05) is 24.3 Å². The normalized spacial score (nSPS) is 10.2. The highest BCUT2D eigenvalue weighted by atomic mass is 19.1. The Bertz CT molecular complexity index is 608. The van der Waals surface area contributed by atoms with Gasteiger partial charge in [0.25, 0.3) is 0 Å². The van der Waals surface area contributed by atoms with Gasteiger partial charge in [0.2, 0.25) is 0 Å². The monoisotopic (exact) mass is 260 g/mol. The van der Waals surface area contributed by atoms with Gasteiger partial charge in [0.05, 0.1) is 5.56 Å². The Hall–Kier alpha value is -2.36. The van der Waals surface area contributed by atoms with E-state index in [-0.39, 0.29) is 18.0 Å². The summed E-state index contributed by atoms with van der Waals surface area (Å²) in [5.41, 5.74) is 1.15. The Morgan fingerprint density at radius 1 is 1.21 bits per heavy atom. The molecule has 1 N–H and O–H groups in total. The molecule has 0 radical (unpaired) electrons. The summed E-state index contributed by atoms with van der Waals surface area (Å²) in [5.74, 6) is -0.897. The van der Waals surface area contributed by atoms with Crippen LogP contribution in [0.25, 0.3) is 0 Å². The Morgan fingerprint density at radius 3 is 2.63 bits per heavy atom. The molecule has 19 heavy (non-hydrogen) atoms. The van der Waals surface area contributed by atoms with Crippen molar-refractivity contribution in [2.45, 2.75) is 13.5 Å². The number of carboxylic acid groups (broad SMARTS) is 1. The van der Waals surface area contributed by atoms with Crippen LogP contribution in [0.2, 0.25) is 0 Å². The number of hydrogen-bond acceptors (Lipinski definition) is 2. The van der Waals surface area contributed by atoms with E-state index in [0.29, 0.717) is 16.9 Å². The van der Waals surface area contributed by atoms with Crippen molar-refractivity contribution in [1.82, 2.24) is 0 Å². The van der Waals surface area contributed by atoms with E-state index in [4.69, 9.17) is 9.84 Å². The van der Waals surface area contributed by atoms with Crippen LogP contribution in [0.3, 0.4) is 0 Å². The lowest BCUT2D eigenvalue weighted by Crippen LogP contribution is -2.04. The zero-order valence-corrected chi connectivity index (χ0v) is 10.4. The van der Waals surface area contributed by atoms with Gasteiger partial charge in [-0.25, -0.2) is 9.18 Å². The topological polar surface area (TPSA) is 46.5 Å². The Labute approximate surface area is 110 Å². The minimum Gasteiger partial charge on any atom is -0.488 e. The highest BCUT2D eigenvalue weighted by Gasteiger charge is 2.11. The molecule has 0 atom stereocenters. The van der Waals surface area contributed by atoms with Gasteiger partial charge in [0.1, 0.15) is 18.2 Å². The number of ether oxygens (including phenoxy) is 1. The molecule has 0 aliphatic carbocycles. The average molecular weight is 260 g/mol. The summed E-state index contributed by atoms with van der Waals surface area (Å²) in [6.07, 6.45) is 0. The van der Waals surface area contributed by atoms with Crippen molar-refractivity contribution in [1.29, 1.82) is 0 Å². The molecule has 0 aliphatic rings. The van der Waals surface area contributed by atoms with Gasteiger partial charge in [-0.2, -0.15) is 0 Å². The molecule has 0 unspecified atom stereocenters. The first-order chi connectivity index (χ1) is 9.09. The second kappa shape index (κ2) is 5.52. The largest absolute Gasteiger partial charge is 0.488 e. The minimum atomic E-state index is -1.01. The molecule has 0 bridgehead atoms. The van der Waals surface area contributed by atoms with E-state index in [1.54, 1.807) is 37.3 Å². The molecule has 2 aromatic rings. The van der Waals surface area contributed by atoms with Crippen LogP contribution in [0.4, 0.5) is 4.39 Å². The number of hydrogen-bond donors (Lipinski definition) is 1. The van der Waals surface area contributed by atoms with Gasteiger partial charge < -0.3 is 9.84 Å². The van der Waals surface area contributed by atoms with E-state index in [9.17, 15) is 9.18 Å². The molecule has 0 aliphatic heterocycles. The zero-order chi connectivity index (χ0) is 13.8. The van der Waals surface area contributed by atoms with Crippen LogP contribution in [-0.4, -0.2) is 11.1 Å². The predicted octanol–water partition coefficient (Wildman–Crippen LogP) is 3.41. The number of carbonyl (C=O) groups is 1. The number of carboxylic acids is 1. The van der Waals surface area contributed by atoms with Crippen LogP contribution in [0.15, 0.2) is 42.5 Å². The molecule has 0 spiro atoms. The van der Waals surface area contributed by atoms with E-state index in [1.807, 2.05) is 0 Å². The zero-order valence-electron chi connectivity index (χ0n) is 10.4. The summed E-state index contributed by atoms with van der Waals surface area (Å²) in [5, 5.41) is 9.00. The second-order valence-corrected chi connectivity index (χ2v) is 4.11. The van der Waals surface area contributed by atoms with Gasteiger partial charge in [-0.15, -0.1) is 0 Å². The molecule has 0 saturated heterocycles. The Kier molecular flexibility index (Phi) is 3.80. The fraction of sp³-hybridized carbons (Fsp3) is 0.133. The summed E-state index contributed by atoms with van der Waals surface area (Å²) in [6, 6.07) is 11.1. The van der Waals surface area contributed by atoms with Crippen molar-refractivity contribution < 1.29 is 19.0 Å². The number of rotatable bonds is 4. The fourth-order valence-electron chi connectivity index (χ4n) is 1.77. The van der Waals surface area contributed by atoms with E-state index >= 15 is 0 Å². The molecule has 2 aromatic carbocycles. The quantitative estimate of drug-likeness (QED) is 0.916. The third-order valence-electron chi connectivity index (χ3n) is 2.86. The van der Waals surface area contributed by atoms with Crippen LogP contribution in [0.1, 0.15) is 21.5 Å². The predicted molar refractivity (Wildman–Crippen MR) is 68.9 cm³/mol. The first kappa shape index (κ1) is 13.1. The van der Waals surface area contributed by atoms with Gasteiger partial charge in [0.15, 0.2) is 0 Å². The maximum Gasteiger partial charge on any atom is 0.336 e. The summed E-state index contributed by atoms with van der Waals surface area (Å²) in [6.45, 7) is 1.73. The molecule has 0 saturated carbocycles. The van der Waals surface area contributed by atoms with Crippen molar-refractivity contribution >= 4 is 5.97 Å². The lowest BCUT2D eigenvalue weighted by atomic mass is 10.1. The first-order valence-corrected chi connectivity index (χ1v) is 5.78. The van der Waals surface area contributed by atoms with Crippen LogP contribution >= 0.6 is 0 Å². The maximum absolute atomic E-state index is 13.4. The smallest absolute Gasteiger partial charge is 0.336 e. The van der Waals surface area contributed by atoms with Crippen LogP contribution in [0, 0.1) is 12.7 Å². The number of aromatic carboxylic acids is 1. The lowest BCUT2D eigenvalue weighted by molar-refractivity contribution is 0.0695. The van der Waals surface area contributed by atoms with Crippen molar-refractivity contribution in [2.24, 2.45) is 0 Å². The number of halogens is 1. The fourth-order valence-corrected chi connectivity index (χ4v) is 1.77.